The highest BCUT2D eigenvalue weighted by Crippen LogP contribution is 2.25. The van der Waals surface area contributed by atoms with Crippen LogP contribution in [-0.2, 0) is 0 Å². The molecule has 4 nitrogen and oxygen atoms in total. The Bertz CT molecular complexity index is 540. The van der Waals surface area contributed by atoms with Crippen molar-refractivity contribution in [3.05, 3.63) is 30.0 Å². The van der Waals surface area contributed by atoms with Crippen molar-refractivity contribution in [2.45, 2.75) is 19.8 Å². The molecule has 0 saturated heterocycles. The van der Waals surface area contributed by atoms with Gasteiger partial charge in [-0.15, -0.1) is 0 Å². The Morgan fingerprint density at radius 2 is 2.11 bits per heavy atom. The van der Waals surface area contributed by atoms with Crippen LogP contribution < -0.4 is 11.1 Å². The van der Waals surface area contributed by atoms with E-state index in [1.807, 2.05) is 31.2 Å². The Balaban J connectivity index is 2.27. The fourth-order valence-electron chi connectivity index (χ4n) is 1.98. The number of rotatable bonds is 5. The van der Waals surface area contributed by atoms with E-state index < -0.39 is 0 Å². The van der Waals surface area contributed by atoms with Gasteiger partial charge in [0.1, 0.15) is 0 Å². The Hall–Kier alpha value is -1.81. The van der Waals surface area contributed by atoms with Crippen molar-refractivity contribution in [3.8, 4) is 0 Å². The number of nitrogens with zero attached hydrogens (tertiary/aromatic N) is 1. The molecule has 2 rings (SSSR count). The van der Waals surface area contributed by atoms with Crippen LogP contribution in [0.25, 0.3) is 10.9 Å². The first-order valence-corrected chi connectivity index (χ1v) is 6.22. The minimum absolute atomic E-state index is 0.241. The summed E-state index contributed by atoms with van der Waals surface area (Å²) >= 11 is 0. The SMILES string of the molecule is Cc1cc(NCCCCO)c2cc(N)ccc2n1. The molecule has 18 heavy (non-hydrogen) atoms. The molecule has 1 aromatic carbocycles. The van der Waals surface area contributed by atoms with Crippen molar-refractivity contribution in [1.82, 2.24) is 4.98 Å². The molecule has 0 fully saturated rings. The number of fused-ring (bicyclic) bond motifs is 1. The predicted octanol–water partition coefficient (Wildman–Crippen LogP) is 2.31. The quantitative estimate of drug-likeness (QED) is 0.558. The summed E-state index contributed by atoms with van der Waals surface area (Å²) in [5.74, 6) is 0. The van der Waals surface area contributed by atoms with Gasteiger partial charge in [0, 0.05) is 35.6 Å². The second-order valence-corrected chi connectivity index (χ2v) is 4.45. The topological polar surface area (TPSA) is 71.2 Å². The lowest BCUT2D eigenvalue weighted by molar-refractivity contribution is 0.286. The number of anilines is 2. The highest BCUT2D eigenvalue weighted by atomic mass is 16.2. The van der Waals surface area contributed by atoms with Gasteiger partial charge in [-0.2, -0.15) is 0 Å². The van der Waals surface area contributed by atoms with Crippen LogP contribution in [0, 0.1) is 6.92 Å². The van der Waals surface area contributed by atoms with Gasteiger partial charge in [-0.3, -0.25) is 4.98 Å². The first-order chi connectivity index (χ1) is 8.70. The van der Waals surface area contributed by atoms with Gasteiger partial charge in [-0.05, 0) is 44.0 Å². The smallest absolute Gasteiger partial charge is 0.0727 e. The Kier molecular flexibility index (Phi) is 3.99. The molecule has 4 N–H and O–H groups in total. The fraction of sp³-hybridized carbons (Fsp3) is 0.357. The number of aliphatic hydroxyl groups excluding tert-OH is 1. The van der Waals surface area contributed by atoms with Gasteiger partial charge in [0.05, 0.1) is 5.52 Å². The van der Waals surface area contributed by atoms with E-state index in [2.05, 4.69) is 10.3 Å². The van der Waals surface area contributed by atoms with E-state index >= 15 is 0 Å². The molecule has 96 valence electrons. The van der Waals surface area contributed by atoms with Crippen molar-refractivity contribution in [2.75, 3.05) is 24.2 Å². The van der Waals surface area contributed by atoms with Crippen molar-refractivity contribution < 1.29 is 5.11 Å². The number of aromatic nitrogens is 1. The largest absolute Gasteiger partial charge is 0.399 e. The predicted molar refractivity (Wildman–Crippen MR) is 75.7 cm³/mol. The molecule has 0 atom stereocenters. The molecule has 4 heteroatoms. The summed E-state index contributed by atoms with van der Waals surface area (Å²) in [5, 5.41) is 13.2. The van der Waals surface area contributed by atoms with E-state index in [1.165, 1.54) is 0 Å². The van der Waals surface area contributed by atoms with E-state index in [4.69, 9.17) is 10.8 Å². The van der Waals surface area contributed by atoms with Crippen LogP contribution in [0.15, 0.2) is 24.3 Å². The molecule has 1 aromatic heterocycles. The van der Waals surface area contributed by atoms with Gasteiger partial charge in [-0.25, -0.2) is 0 Å². The highest BCUT2D eigenvalue weighted by Gasteiger charge is 2.04. The zero-order valence-corrected chi connectivity index (χ0v) is 10.6. The number of nitrogens with two attached hydrogens (primary N) is 1. The maximum absolute atomic E-state index is 8.76. The lowest BCUT2D eigenvalue weighted by Crippen LogP contribution is -2.04. The van der Waals surface area contributed by atoms with Gasteiger partial charge in [0.25, 0.3) is 0 Å². The number of hydrogen-bond donors (Lipinski definition) is 3. The van der Waals surface area contributed by atoms with E-state index in [-0.39, 0.29) is 6.61 Å². The van der Waals surface area contributed by atoms with Crippen LogP contribution in [0.5, 0.6) is 0 Å². The van der Waals surface area contributed by atoms with Crippen molar-refractivity contribution >= 4 is 22.3 Å². The van der Waals surface area contributed by atoms with Gasteiger partial charge in [0.2, 0.25) is 0 Å². The number of nitrogen functional groups attached to an aromatic ring is 1. The molecule has 0 aliphatic heterocycles. The molecule has 2 aromatic rings. The Labute approximate surface area is 107 Å². The summed E-state index contributed by atoms with van der Waals surface area (Å²) in [6, 6.07) is 7.78. The molecule has 1 heterocycles. The minimum atomic E-state index is 0.241. The van der Waals surface area contributed by atoms with Crippen molar-refractivity contribution in [2.24, 2.45) is 0 Å². The van der Waals surface area contributed by atoms with Crippen LogP contribution in [0.1, 0.15) is 18.5 Å². The minimum Gasteiger partial charge on any atom is -0.399 e. The highest BCUT2D eigenvalue weighted by molar-refractivity contribution is 5.93. The number of nitrogens with one attached hydrogen (secondary N) is 1. The number of aliphatic hydroxyl groups is 1. The number of unbranched alkanes of at least 4 members (excludes halogenated alkanes) is 1. The first-order valence-electron chi connectivity index (χ1n) is 6.22. The molecule has 0 aliphatic carbocycles. The zero-order valence-electron chi connectivity index (χ0n) is 10.6. The molecule has 0 unspecified atom stereocenters. The van der Waals surface area contributed by atoms with Crippen molar-refractivity contribution in [3.63, 3.8) is 0 Å². The van der Waals surface area contributed by atoms with Gasteiger partial charge in [0.15, 0.2) is 0 Å². The summed E-state index contributed by atoms with van der Waals surface area (Å²) in [7, 11) is 0. The van der Waals surface area contributed by atoms with Crippen molar-refractivity contribution in [1.29, 1.82) is 0 Å². The van der Waals surface area contributed by atoms with Crippen LogP contribution in [0.2, 0.25) is 0 Å². The third-order valence-corrected chi connectivity index (χ3v) is 2.86. The summed E-state index contributed by atoms with van der Waals surface area (Å²) in [4.78, 5) is 4.49. The monoisotopic (exact) mass is 245 g/mol. The number of hydrogen-bond acceptors (Lipinski definition) is 4. The second-order valence-electron chi connectivity index (χ2n) is 4.45. The number of aryl methyl sites for hydroxylation is 1. The molecule has 0 aliphatic rings. The van der Waals surface area contributed by atoms with Gasteiger partial charge < -0.3 is 16.2 Å². The summed E-state index contributed by atoms with van der Waals surface area (Å²) in [5.41, 5.74) is 9.55. The molecule has 0 saturated carbocycles. The zero-order chi connectivity index (χ0) is 13.0. The van der Waals surface area contributed by atoms with E-state index in [0.717, 1.165) is 47.4 Å². The lowest BCUT2D eigenvalue weighted by atomic mass is 10.1. The van der Waals surface area contributed by atoms with E-state index in [1.54, 1.807) is 0 Å². The summed E-state index contributed by atoms with van der Waals surface area (Å²) in [6.45, 7) is 3.06. The number of pyridine rings is 1. The Morgan fingerprint density at radius 1 is 1.28 bits per heavy atom. The maximum Gasteiger partial charge on any atom is 0.0727 e. The third kappa shape index (κ3) is 2.90. The Morgan fingerprint density at radius 3 is 2.89 bits per heavy atom. The van der Waals surface area contributed by atoms with E-state index in [9.17, 15) is 0 Å². The van der Waals surface area contributed by atoms with Crippen LogP contribution in [-0.4, -0.2) is 23.2 Å². The molecular formula is C14H19N3O. The average Bonchev–Trinajstić information content (AvgIpc) is 2.35. The van der Waals surface area contributed by atoms with E-state index in [0.29, 0.717) is 0 Å². The summed E-state index contributed by atoms with van der Waals surface area (Å²) in [6.07, 6.45) is 1.76. The fourth-order valence-corrected chi connectivity index (χ4v) is 1.98. The van der Waals surface area contributed by atoms with Crippen LogP contribution >= 0.6 is 0 Å². The number of benzene rings is 1. The summed E-state index contributed by atoms with van der Waals surface area (Å²) < 4.78 is 0. The molecule has 0 spiro atoms. The molecular weight excluding hydrogens is 226 g/mol. The van der Waals surface area contributed by atoms with Crippen LogP contribution in [0.3, 0.4) is 0 Å². The van der Waals surface area contributed by atoms with Crippen LogP contribution in [0.4, 0.5) is 11.4 Å². The molecule has 0 radical (unpaired) electrons. The normalized spacial score (nSPS) is 10.8. The third-order valence-electron chi connectivity index (χ3n) is 2.86. The first kappa shape index (κ1) is 12.6. The van der Waals surface area contributed by atoms with Gasteiger partial charge in [-0.1, -0.05) is 0 Å². The molecule has 0 bridgehead atoms. The molecule has 0 amide bonds. The average molecular weight is 245 g/mol. The maximum atomic E-state index is 8.76. The standard InChI is InChI=1S/C14H19N3O/c1-10-8-14(16-6-2-3-7-18)12-9-11(15)4-5-13(12)17-10/h4-5,8-9,18H,2-3,6-7,15H2,1H3,(H,16,17). The lowest BCUT2D eigenvalue weighted by Gasteiger charge is -2.11. The van der Waals surface area contributed by atoms with Gasteiger partial charge >= 0.3 is 0 Å². The second kappa shape index (κ2) is 5.69.